The van der Waals surface area contributed by atoms with Crippen LogP contribution in [-0.4, -0.2) is 11.4 Å². The van der Waals surface area contributed by atoms with Gasteiger partial charge in [0.05, 0.1) is 22.8 Å². The number of unbranched alkanes of at least 4 members (excludes halogenated alkanes) is 3. The number of hydrogen-bond donors (Lipinski definition) is 0. The number of nitrogens with zero attached hydrogens (tertiary/aromatic N) is 4. The van der Waals surface area contributed by atoms with Crippen LogP contribution in [0.5, 0.6) is 0 Å². The first kappa shape index (κ1) is 46.6. The molecule has 5 heterocycles. The Morgan fingerprint density at radius 1 is 0.458 bits per heavy atom. The predicted molar refractivity (Wildman–Crippen MR) is 251 cm³/mol. The van der Waals surface area contributed by atoms with E-state index in [1.54, 1.807) is 0 Å². The second-order valence-electron chi connectivity index (χ2n) is 16.7. The van der Waals surface area contributed by atoms with E-state index in [0.29, 0.717) is 0 Å². The van der Waals surface area contributed by atoms with Crippen LogP contribution in [0, 0.1) is 0 Å². The van der Waals surface area contributed by atoms with Gasteiger partial charge in [0, 0.05) is 11.8 Å². The molecule has 0 aliphatic carbocycles. The van der Waals surface area contributed by atoms with E-state index < -0.39 is 0 Å². The summed E-state index contributed by atoms with van der Waals surface area (Å²) in [4.78, 5) is 23.8. The molecule has 320 valence electrons. The van der Waals surface area contributed by atoms with E-state index in [1.807, 2.05) is 0 Å². The summed E-state index contributed by atoms with van der Waals surface area (Å²) < 4.78 is 0. The van der Waals surface area contributed by atoms with Gasteiger partial charge in [-0.2, -0.15) is 0 Å². The molecule has 0 fully saturated rings. The molecule has 1 aromatic carbocycles. The number of aromatic nitrogens is 2. The summed E-state index contributed by atoms with van der Waals surface area (Å²) in [7, 11) is 0. The minimum Gasteiger partial charge on any atom is -0.660 e. The van der Waals surface area contributed by atoms with Crippen molar-refractivity contribution in [3.63, 3.8) is 0 Å². The van der Waals surface area contributed by atoms with Gasteiger partial charge in [0.25, 0.3) is 0 Å². The van der Waals surface area contributed by atoms with Crippen LogP contribution in [0.1, 0.15) is 222 Å². The molecule has 0 saturated heterocycles. The van der Waals surface area contributed by atoms with Crippen LogP contribution in [-0.2, 0) is 42.2 Å². The van der Waals surface area contributed by atoms with Gasteiger partial charge >= 0.3 is 16.5 Å². The minimum atomic E-state index is -0.0598. The molecule has 0 radical (unpaired) electrons. The monoisotopic (exact) mass is 837 g/mol. The summed E-state index contributed by atoms with van der Waals surface area (Å²) in [5.41, 5.74) is 25.3. The third-order valence-electron chi connectivity index (χ3n) is 13.5. The summed E-state index contributed by atoms with van der Waals surface area (Å²) in [6.07, 6.45) is 17.6. The maximum Gasteiger partial charge on any atom is 2.00 e. The fraction of sp³-hybridized carbons (Fsp3) is 0.556. The third-order valence-corrected chi connectivity index (χ3v) is 13.5. The second kappa shape index (κ2) is 21.4. The molecule has 0 spiro atoms. The molecule has 59 heavy (non-hydrogen) atoms. The van der Waals surface area contributed by atoms with Gasteiger partial charge in [-0.1, -0.05) is 154 Å². The van der Waals surface area contributed by atoms with Gasteiger partial charge in [0.1, 0.15) is 0 Å². The summed E-state index contributed by atoms with van der Waals surface area (Å²) >= 11 is 0. The van der Waals surface area contributed by atoms with E-state index in [1.165, 1.54) is 107 Å². The van der Waals surface area contributed by atoms with Crippen LogP contribution >= 0.6 is 0 Å². The van der Waals surface area contributed by atoms with Gasteiger partial charge < -0.3 is 9.97 Å². The molecule has 5 heteroatoms. The average Bonchev–Trinajstić information content (AvgIpc) is 4.01. The van der Waals surface area contributed by atoms with Crippen molar-refractivity contribution >= 4 is 22.6 Å². The Kier molecular flexibility index (Phi) is 16.9. The van der Waals surface area contributed by atoms with E-state index in [0.717, 1.165) is 109 Å². The molecule has 2 aromatic heterocycles. The zero-order chi connectivity index (χ0) is 41.5. The first-order chi connectivity index (χ1) is 28.4. The van der Waals surface area contributed by atoms with Crippen LogP contribution < -0.4 is 9.97 Å². The maximum atomic E-state index is 5.97. The smallest absolute Gasteiger partial charge is 0.660 e. The molecule has 0 saturated carbocycles. The van der Waals surface area contributed by atoms with E-state index in [9.17, 15) is 0 Å². The Balaban J connectivity index is 0.00000661. The van der Waals surface area contributed by atoms with Gasteiger partial charge in [0.2, 0.25) is 0 Å². The van der Waals surface area contributed by atoms with Crippen LogP contribution in [0.2, 0.25) is 0 Å². The normalized spacial score (nSPS) is 20.5. The van der Waals surface area contributed by atoms with Gasteiger partial charge in [0.15, 0.2) is 0 Å². The van der Waals surface area contributed by atoms with Gasteiger partial charge in [-0.05, 0) is 122 Å². The summed E-state index contributed by atoms with van der Waals surface area (Å²) in [6, 6.07) is 11.2. The van der Waals surface area contributed by atoms with E-state index in [4.69, 9.17) is 20.0 Å². The number of allylic oxidation sites excluding steroid dienone is 6. The fourth-order valence-electron chi connectivity index (χ4n) is 10.7. The standard InChI is InChI=1S/C54H74N4.Ni/c1-12-23-31-43-47-35(15-4)37(17-6)49(55-47)44(32-24-13-2)51-39(19-8)41(21-10)53(57-51)46(34-29-27-26-28-30-34)54-42(22-11)40(20-9)52(58-54)45(33-25-14-3)50-38(18-7)36(16-5)48(43)56-50;/h26-30,43,46H,12-25,31-33H2,1-11H3;/q-2;+2/b49-44-,52-45-;/t43-,46+;/m0./s1. The van der Waals surface area contributed by atoms with Crippen LogP contribution in [0.15, 0.2) is 74.0 Å². The second-order valence-corrected chi connectivity index (χ2v) is 16.7. The van der Waals surface area contributed by atoms with Crippen molar-refractivity contribution in [2.45, 2.75) is 197 Å². The SMILES string of the molecule is CCCC/C1=C2/N=C(C(CC)=C2CC)[C@H](CCCC)c2[n-]c(c(CC)c2CC)/C(CCCC)=C2\N=C(C(CC)=C2CC)[C@H](c2ccccc2)c2[n-]c1c(CC)c2CC.[Ni+2]. The molecule has 6 rings (SSSR count). The van der Waals surface area contributed by atoms with Crippen LogP contribution in [0.3, 0.4) is 0 Å². The van der Waals surface area contributed by atoms with Crippen molar-refractivity contribution in [1.29, 1.82) is 0 Å². The van der Waals surface area contributed by atoms with E-state index in [2.05, 4.69) is 106 Å². The summed E-state index contributed by atoms with van der Waals surface area (Å²) in [6.45, 7) is 25.8. The Bertz CT molecular complexity index is 2120. The number of rotatable bonds is 18. The van der Waals surface area contributed by atoms with Crippen molar-refractivity contribution in [2.24, 2.45) is 9.98 Å². The molecule has 0 amide bonds. The van der Waals surface area contributed by atoms with Crippen molar-refractivity contribution < 1.29 is 16.5 Å². The predicted octanol–water partition coefficient (Wildman–Crippen LogP) is 14.9. The largest absolute Gasteiger partial charge is 2.00 e. The van der Waals surface area contributed by atoms with Crippen molar-refractivity contribution in [1.82, 2.24) is 9.97 Å². The van der Waals surface area contributed by atoms with Crippen molar-refractivity contribution in [3.05, 3.63) is 115 Å². The van der Waals surface area contributed by atoms with E-state index in [-0.39, 0.29) is 28.3 Å². The number of benzene rings is 1. The Morgan fingerprint density at radius 2 is 0.898 bits per heavy atom. The third kappa shape index (κ3) is 8.58. The molecule has 3 aromatic rings. The van der Waals surface area contributed by atoms with Gasteiger partial charge in [-0.3, -0.25) is 9.98 Å². The van der Waals surface area contributed by atoms with Crippen molar-refractivity contribution in [2.75, 3.05) is 0 Å². The topological polar surface area (TPSA) is 52.9 Å². The van der Waals surface area contributed by atoms with Crippen LogP contribution in [0.4, 0.5) is 0 Å². The number of aliphatic imine (C=N–C) groups is 2. The molecular weight excluding hydrogens is 763 g/mol. The zero-order valence-electron chi connectivity index (χ0n) is 38.7. The molecule has 2 atom stereocenters. The Morgan fingerprint density at radius 3 is 1.36 bits per heavy atom. The number of hydrogen-bond acceptors (Lipinski definition) is 2. The van der Waals surface area contributed by atoms with Gasteiger partial charge in [-0.25, -0.2) is 0 Å². The molecule has 0 N–H and O–H groups in total. The molecular formula is C54H74N4Ni. The minimum absolute atomic E-state index is 0. The first-order valence-corrected chi connectivity index (χ1v) is 23.9. The Labute approximate surface area is 369 Å². The molecule has 4 nitrogen and oxygen atoms in total. The molecule has 3 aliphatic heterocycles. The molecule has 3 aliphatic rings. The zero-order valence-corrected chi connectivity index (χ0v) is 39.7. The number of fused-ring (bicyclic) bond motifs is 6. The summed E-state index contributed by atoms with van der Waals surface area (Å²) in [5.74, 6) is 0.105. The first-order valence-electron chi connectivity index (χ1n) is 23.9. The average molecular weight is 838 g/mol. The fourth-order valence-corrected chi connectivity index (χ4v) is 10.7. The quantitative estimate of drug-likeness (QED) is 0.120. The van der Waals surface area contributed by atoms with Crippen LogP contribution in [0.25, 0.3) is 11.1 Å². The van der Waals surface area contributed by atoms with Crippen molar-refractivity contribution in [3.8, 4) is 0 Å². The summed E-state index contributed by atoms with van der Waals surface area (Å²) in [5, 5.41) is 0. The van der Waals surface area contributed by atoms with E-state index >= 15 is 0 Å². The molecule has 0 unspecified atom stereocenters. The maximum absolute atomic E-state index is 5.97. The van der Waals surface area contributed by atoms with Gasteiger partial charge in [-0.15, -0.1) is 22.8 Å². The Hall–Kier alpha value is -3.43. The molecule has 8 bridgehead atoms.